The quantitative estimate of drug-likeness (QED) is 0.592. The highest BCUT2D eigenvalue weighted by atomic mass is 15.3. The first kappa shape index (κ1) is 15.1. The minimum absolute atomic E-state index is 0.545. The molecule has 0 saturated heterocycles. The smallest absolute Gasteiger partial charge is 0.165 e. The summed E-state index contributed by atoms with van der Waals surface area (Å²) in [7, 11) is 0. The first-order chi connectivity index (χ1) is 12.8. The fraction of sp³-hybridized carbons (Fsp3) is 0.263. The summed E-state index contributed by atoms with van der Waals surface area (Å²) in [4.78, 5) is 16.7. The number of anilines is 1. The van der Waals surface area contributed by atoms with Crippen LogP contribution in [0.2, 0.25) is 0 Å². The van der Waals surface area contributed by atoms with Crippen LogP contribution in [0.5, 0.6) is 0 Å². The van der Waals surface area contributed by atoms with Crippen LogP contribution in [0.15, 0.2) is 36.9 Å². The van der Waals surface area contributed by atoms with Crippen LogP contribution in [-0.2, 0) is 6.42 Å². The van der Waals surface area contributed by atoms with Gasteiger partial charge in [0, 0.05) is 41.0 Å². The molecule has 3 N–H and O–H groups in total. The maximum absolute atomic E-state index is 6.45. The molecule has 0 aromatic carbocycles. The summed E-state index contributed by atoms with van der Waals surface area (Å²) < 4.78 is 1.77. The summed E-state index contributed by atoms with van der Waals surface area (Å²) in [6, 6.07) is 3.96. The number of imidazole rings is 1. The van der Waals surface area contributed by atoms with Crippen LogP contribution in [0, 0.1) is 0 Å². The largest absolute Gasteiger partial charge is 0.383 e. The summed E-state index contributed by atoms with van der Waals surface area (Å²) >= 11 is 0. The first-order valence-electron chi connectivity index (χ1n) is 8.88. The summed E-state index contributed by atoms with van der Waals surface area (Å²) in [5.74, 6) is 2.02. The molecule has 0 atom stereocenters. The molecule has 1 aliphatic rings. The predicted molar refractivity (Wildman–Crippen MR) is 99.6 cm³/mol. The average molecular weight is 345 g/mol. The molecule has 4 aromatic heterocycles. The first-order valence-corrected chi connectivity index (χ1v) is 8.88. The summed E-state index contributed by atoms with van der Waals surface area (Å²) in [5, 5.41) is 4.50. The second kappa shape index (κ2) is 5.66. The van der Waals surface area contributed by atoms with Crippen molar-refractivity contribution in [3.63, 3.8) is 0 Å². The number of nitrogens with zero attached hydrogens (tertiary/aromatic N) is 5. The van der Waals surface area contributed by atoms with Crippen LogP contribution < -0.4 is 5.73 Å². The molecule has 0 aliphatic heterocycles. The van der Waals surface area contributed by atoms with Gasteiger partial charge in [0.05, 0.1) is 6.20 Å². The zero-order valence-corrected chi connectivity index (χ0v) is 14.5. The maximum Gasteiger partial charge on any atom is 0.165 e. The number of hydrogen-bond donors (Lipinski definition) is 2. The Labute approximate surface area is 150 Å². The van der Waals surface area contributed by atoms with E-state index in [1.165, 1.54) is 18.4 Å². The van der Waals surface area contributed by atoms with Gasteiger partial charge in [-0.2, -0.15) is 9.61 Å². The van der Waals surface area contributed by atoms with Gasteiger partial charge in [0.2, 0.25) is 0 Å². The molecule has 1 fully saturated rings. The Kier molecular flexibility index (Phi) is 3.28. The highest BCUT2D eigenvalue weighted by molar-refractivity contribution is 5.78. The predicted octanol–water partition coefficient (Wildman–Crippen LogP) is 3.20. The van der Waals surface area contributed by atoms with E-state index < -0.39 is 0 Å². The van der Waals surface area contributed by atoms with Crippen LogP contribution in [0.25, 0.3) is 28.3 Å². The number of nitrogen functional groups attached to an aromatic ring is 1. The third kappa shape index (κ3) is 2.28. The van der Waals surface area contributed by atoms with Crippen molar-refractivity contribution in [2.45, 2.75) is 32.1 Å². The number of fused-ring (bicyclic) bond motifs is 1. The molecule has 0 unspecified atom stereocenters. The molecule has 1 saturated carbocycles. The van der Waals surface area contributed by atoms with E-state index in [1.807, 2.05) is 24.5 Å². The molecule has 0 amide bonds. The molecule has 4 heterocycles. The van der Waals surface area contributed by atoms with E-state index in [2.05, 4.69) is 27.0 Å². The van der Waals surface area contributed by atoms with Gasteiger partial charge in [0.1, 0.15) is 11.5 Å². The maximum atomic E-state index is 6.45. The van der Waals surface area contributed by atoms with Crippen LogP contribution in [0.3, 0.4) is 0 Å². The molecule has 7 heteroatoms. The molecular weight excluding hydrogens is 326 g/mol. The van der Waals surface area contributed by atoms with E-state index in [-0.39, 0.29) is 0 Å². The van der Waals surface area contributed by atoms with Crippen molar-refractivity contribution in [1.82, 2.24) is 29.5 Å². The van der Waals surface area contributed by atoms with Gasteiger partial charge >= 0.3 is 0 Å². The van der Waals surface area contributed by atoms with E-state index in [0.717, 1.165) is 46.2 Å². The number of H-pyrrole nitrogens is 1. The summed E-state index contributed by atoms with van der Waals surface area (Å²) in [6.45, 7) is 2.12. The number of nitrogens with two attached hydrogens (primary N) is 1. The number of aromatic amines is 1. The third-order valence-electron chi connectivity index (χ3n) is 4.94. The van der Waals surface area contributed by atoms with Crippen molar-refractivity contribution in [2.24, 2.45) is 0 Å². The van der Waals surface area contributed by atoms with Gasteiger partial charge in [-0.05, 0) is 31.2 Å². The molecule has 7 nitrogen and oxygen atoms in total. The molecular formula is C19H19N7. The minimum Gasteiger partial charge on any atom is -0.383 e. The van der Waals surface area contributed by atoms with Crippen molar-refractivity contribution >= 4 is 11.5 Å². The van der Waals surface area contributed by atoms with E-state index >= 15 is 0 Å². The Morgan fingerprint density at radius 3 is 2.77 bits per heavy atom. The molecule has 5 rings (SSSR count). The van der Waals surface area contributed by atoms with Gasteiger partial charge in [0.25, 0.3) is 0 Å². The number of aromatic nitrogens is 6. The van der Waals surface area contributed by atoms with E-state index in [9.17, 15) is 0 Å². The summed E-state index contributed by atoms with van der Waals surface area (Å²) in [5.41, 5.74) is 12.2. The van der Waals surface area contributed by atoms with Crippen molar-refractivity contribution in [2.75, 3.05) is 5.73 Å². The highest BCUT2D eigenvalue weighted by Gasteiger charge is 2.30. The molecule has 4 aromatic rings. The van der Waals surface area contributed by atoms with Crippen molar-refractivity contribution in [1.29, 1.82) is 0 Å². The van der Waals surface area contributed by atoms with Gasteiger partial charge in [-0.1, -0.05) is 13.0 Å². The van der Waals surface area contributed by atoms with Crippen LogP contribution in [0.4, 0.5) is 5.82 Å². The van der Waals surface area contributed by atoms with E-state index in [0.29, 0.717) is 5.92 Å². The second-order valence-electron chi connectivity index (χ2n) is 6.65. The molecule has 130 valence electrons. The Hall–Kier alpha value is -3.22. The lowest BCUT2D eigenvalue weighted by Gasteiger charge is -2.11. The molecule has 26 heavy (non-hydrogen) atoms. The molecule has 1 aliphatic carbocycles. The monoisotopic (exact) mass is 345 g/mol. The van der Waals surface area contributed by atoms with Gasteiger partial charge in [-0.3, -0.25) is 4.98 Å². The van der Waals surface area contributed by atoms with Gasteiger partial charge < -0.3 is 10.7 Å². The van der Waals surface area contributed by atoms with Crippen molar-refractivity contribution in [3.05, 3.63) is 48.2 Å². The molecule has 0 spiro atoms. The fourth-order valence-electron chi connectivity index (χ4n) is 3.46. The standard InChI is InChI=1S/C19H19N7/c1-2-14-16(11-3-4-11)17(20)26-19(25-14)13(10-24-26)12-5-6-15(23-9-12)18-21-7-8-22-18/h5-11H,2-4,20H2,1H3,(H,21,22). The number of nitrogens with one attached hydrogen (secondary N) is 1. The van der Waals surface area contributed by atoms with Gasteiger partial charge in [-0.25, -0.2) is 9.97 Å². The minimum atomic E-state index is 0.545. The SMILES string of the molecule is CCc1nc2c(-c3ccc(-c4ncc[nH]4)nc3)cnn2c(N)c1C1CC1. The lowest BCUT2D eigenvalue weighted by atomic mass is 10.1. The summed E-state index contributed by atoms with van der Waals surface area (Å²) in [6.07, 6.45) is 10.4. The van der Waals surface area contributed by atoms with Crippen molar-refractivity contribution in [3.8, 4) is 22.6 Å². The van der Waals surface area contributed by atoms with Crippen LogP contribution in [0.1, 0.15) is 36.9 Å². The van der Waals surface area contributed by atoms with Crippen molar-refractivity contribution < 1.29 is 0 Å². The zero-order valence-electron chi connectivity index (χ0n) is 14.5. The Balaban J connectivity index is 1.62. The van der Waals surface area contributed by atoms with Gasteiger partial charge in [-0.15, -0.1) is 0 Å². The van der Waals surface area contributed by atoms with E-state index in [4.69, 9.17) is 10.7 Å². The van der Waals surface area contributed by atoms with Crippen LogP contribution >= 0.6 is 0 Å². The number of pyridine rings is 1. The van der Waals surface area contributed by atoms with E-state index in [1.54, 1.807) is 16.9 Å². The fourth-order valence-corrected chi connectivity index (χ4v) is 3.46. The highest BCUT2D eigenvalue weighted by Crippen LogP contribution is 2.44. The molecule has 0 radical (unpaired) electrons. The van der Waals surface area contributed by atoms with Gasteiger partial charge in [0.15, 0.2) is 11.5 Å². The average Bonchev–Trinajstić information content (AvgIpc) is 3.19. The normalized spacial score (nSPS) is 14.2. The zero-order chi connectivity index (χ0) is 17.7. The Morgan fingerprint density at radius 2 is 2.12 bits per heavy atom. The second-order valence-corrected chi connectivity index (χ2v) is 6.65. The third-order valence-corrected chi connectivity index (χ3v) is 4.94. The topological polar surface area (TPSA) is 97.8 Å². The number of hydrogen-bond acceptors (Lipinski definition) is 5. The van der Waals surface area contributed by atoms with Crippen LogP contribution in [-0.4, -0.2) is 29.5 Å². The Bertz CT molecular complexity index is 1070. The molecule has 0 bridgehead atoms. The Morgan fingerprint density at radius 1 is 1.23 bits per heavy atom. The number of rotatable bonds is 4. The number of aryl methyl sites for hydroxylation is 1. The lowest BCUT2D eigenvalue weighted by Crippen LogP contribution is -2.09. The lowest BCUT2D eigenvalue weighted by molar-refractivity contribution is 0.880.